The van der Waals surface area contributed by atoms with Gasteiger partial charge in [0, 0.05) is 5.39 Å². The van der Waals surface area contributed by atoms with Crippen LogP contribution in [0.15, 0.2) is 36.4 Å². The number of aromatic hydroxyl groups is 1. The van der Waals surface area contributed by atoms with Gasteiger partial charge in [0.1, 0.15) is 12.0 Å². The molecule has 17 heavy (non-hydrogen) atoms. The summed E-state index contributed by atoms with van der Waals surface area (Å²) in [6.07, 6.45) is 4.03. The number of aldehydes is 1. The zero-order chi connectivity index (χ0) is 11.9. The van der Waals surface area contributed by atoms with Crippen LogP contribution in [0.4, 0.5) is 0 Å². The molecule has 0 atom stereocenters. The third kappa shape index (κ3) is 1.44. The van der Waals surface area contributed by atoms with Gasteiger partial charge in [-0.15, -0.1) is 0 Å². The molecule has 1 saturated carbocycles. The fourth-order valence-corrected chi connectivity index (χ4v) is 2.60. The molecule has 0 aromatic heterocycles. The molecule has 86 valence electrons. The monoisotopic (exact) mass is 226 g/mol. The van der Waals surface area contributed by atoms with Gasteiger partial charge in [-0.1, -0.05) is 30.7 Å². The standard InChI is InChI=1S/C15H14O2/c16-10-15(7-2-8-15)12-6-5-11-3-1-4-14(17)13(11)9-12/h1,3-6,9-10,17H,2,7-8H2. The van der Waals surface area contributed by atoms with Crippen molar-refractivity contribution in [2.75, 3.05) is 0 Å². The lowest BCUT2D eigenvalue weighted by atomic mass is 9.65. The number of carbonyl (C=O) groups excluding carboxylic acids is 1. The molecule has 1 fully saturated rings. The summed E-state index contributed by atoms with van der Waals surface area (Å²) in [5, 5.41) is 11.7. The number of hydrogen-bond donors (Lipinski definition) is 1. The van der Waals surface area contributed by atoms with Crippen LogP contribution in [0.1, 0.15) is 24.8 Å². The number of rotatable bonds is 2. The van der Waals surface area contributed by atoms with E-state index >= 15 is 0 Å². The van der Waals surface area contributed by atoms with Crippen molar-refractivity contribution in [2.45, 2.75) is 24.7 Å². The number of hydrogen-bond acceptors (Lipinski definition) is 2. The molecule has 0 saturated heterocycles. The van der Waals surface area contributed by atoms with Gasteiger partial charge in [0.05, 0.1) is 5.41 Å². The zero-order valence-electron chi connectivity index (χ0n) is 9.52. The Kier molecular flexibility index (Phi) is 2.18. The Morgan fingerprint density at radius 2 is 2.00 bits per heavy atom. The van der Waals surface area contributed by atoms with E-state index in [0.717, 1.165) is 41.9 Å². The molecule has 0 radical (unpaired) electrons. The summed E-state index contributed by atoms with van der Waals surface area (Å²) < 4.78 is 0. The molecule has 0 heterocycles. The maximum Gasteiger partial charge on any atom is 0.130 e. The largest absolute Gasteiger partial charge is 0.507 e. The maximum absolute atomic E-state index is 11.3. The molecule has 1 aliphatic carbocycles. The quantitative estimate of drug-likeness (QED) is 0.798. The molecule has 0 aliphatic heterocycles. The van der Waals surface area contributed by atoms with Crippen LogP contribution in [-0.2, 0) is 10.2 Å². The van der Waals surface area contributed by atoms with Crippen molar-refractivity contribution in [1.82, 2.24) is 0 Å². The zero-order valence-corrected chi connectivity index (χ0v) is 9.52. The van der Waals surface area contributed by atoms with Crippen LogP contribution in [0.3, 0.4) is 0 Å². The fraction of sp³-hybridized carbons (Fsp3) is 0.267. The molecule has 2 heteroatoms. The van der Waals surface area contributed by atoms with Gasteiger partial charge in [-0.2, -0.15) is 0 Å². The Morgan fingerprint density at radius 3 is 2.65 bits per heavy atom. The summed E-state index contributed by atoms with van der Waals surface area (Å²) in [5.41, 5.74) is 0.740. The van der Waals surface area contributed by atoms with Gasteiger partial charge in [-0.05, 0) is 35.9 Å². The van der Waals surface area contributed by atoms with Gasteiger partial charge in [0.25, 0.3) is 0 Å². The third-order valence-electron chi connectivity index (χ3n) is 3.91. The first kappa shape index (κ1) is 10.3. The SMILES string of the molecule is O=CC1(c2ccc3cccc(O)c3c2)CCC1. The summed E-state index contributed by atoms with van der Waals surface area (Å²) in [6, 6.07) is 11.4. The summed E-state index contributed by atoms with van der Waals surface area (Å²) >= 11 is 0. The van der Waals surface area contributed by atoms with Crippen molar-refractivity contribution < 1.29 is 9.90 Å². The topological polar surface area (TPSA) is 37.3 Å². The second kappa shape index (κ2) is 3.59. The average Bonchev–Trinajstić information content (AvgIpc) is 2.29. The highest BCUT2D eigenvalue weighted by Crippen LogP contribution is 2.43. The van der Waals surface area contributed by atoms with Gasteiger partial charge < -0.3 is 9.90 Å². The normalized spacial score (nSPS) is 17.6. The number of phenolic OH excluding ortho intramolecular Hbond substituents is 1. The lowest BCUT2D eigenvalue weighted by molar-refractivity contribution is -0.115. The van der Waals surface area contributed by atoms with Crippen LogP contribution in [0.2, 0.25) is 0 Å². The summed E-state index contributed by atoms with van der Waals surface area (Å²) in [7, 11) is 0. The van der Waals surface area contributed by atoms with E-state index in [4.69, 9.17) is 0 Å². The van der Waals surface area contributed by atoms with E-state index in [9.17, 15) is 9.90 Å². The fourth-order valence-electron chi connectivity index (χ4n) is 2.60. The van der Waals surface area contributed by atoms with Crippen molar-refractivity contribution in [3.8, 4) is 5.75 Å². The maximum atomic E-state index is 11.3. The third-order valence-corrected chi connectivity index (χ3v) is 3.91. The lowest BCUT2D eigenvalue weighted by Gasteiger charge is -2.37. The molecule has 2 aromatic carbocycles. The van der Waals surface area contributed by atoms with Gasteiger partial charge in [-0.25, -0.2) is 0 Å². The number of phenols is 1. The van der Waals surface area contributed by atoms with Gasteiger partial charge in [-0.3, -0.25) is 0 Å². The second-order valence-electron chi connectivity index (χ2n) is 4.84. The van der Waals surface area contributed by atoms with Gasteiger partial charge in [0.15, 0.2) is 0 Å². The van der Waals surface area contributed by atoms with Gasteiger partial charge in [0.2, 0.25) is 0 Å². The molecular formula is C15H14O2. The van der Waals surface area contributed by atoms with Crippen molar-refractivity contribution in [3.63, 3.8) is 0 Å². The first-order valence-corrected chi connectivity index (χ1v) is 5.94. The average molecular weight is 226 g/mol. The summed E-state index contributed by atoms with van der Waals surface area (Å²) in [5.74, 6) is 0.282. The number of carbonyl (C=O) groups is 1. The Morgan fingerprint density at radius 1 is 1.18 bits per heavy atom. The van der Waals surface area contributed by atoms with E-state index in [1.54, 1.807) is 6.07 Å². The number of benzene rings is 2. The highest BCUT2D eigenvalue weighted by Gasteiger charge is 2.38. The van der Waals surface area contributed by atoms with Crippen molar-refractivity contribution in [3.05, 3.63) is 42.0 Å². The highest BCUT2D eigenvalue weighted by atomic mass is 16.3. The Balaban J connectivity index is 2.19. The Bertz CT molecular complexity index is 582. The van der Waals surface area contributed by atoms with Crippen molar-refractivity contribution in [2.24, 2.45) is 0 Å². The summed E-state index contributed by atoms with van der Waals surface area (Å²) in [4.78, 5) is 11.3. The predicted octanol–water partition coefficient (Wildman–Crippen LogP) is 3.17. The smallest absolute Gasteiger partial charge is 0.130 e. The highest BCUT2D eigenvalue weighted by molar-refractivity contribution is 5.89. The first-order valence-electron chi connectivity index (χ1n) is 5.94. The molecule has 0 spiro atoms. The van der Waals surface area contributed by atoms with Crippen LogP contribution in [0, 0.1) is 0 Å². The summed E-state index contributed by atoms with van der Waals surface area (Å²) in [6.45, 7) is 0. The Labute approximate surface area is 99.9 Å². The van der Waals surface area contributed by atoms with E-state index in [1.807, 2.05) is 30.3 Å². The van der Waals surface area contributed by atoms with E-state index < -0.39 is 0 Å². The molecule has 2 aromatic rings. The van der Waals surface area contributed by atoms with Gasteiger partial charge >= 0.3 is 0 Å². The molecular weight excluding hydrogens is 212 g/mol. The Hall–Kier alpha value is -1.83. The number of fused-ring (bicyclic) bond motifs is 1. The van der Waals surface area contributed by atoms with E-state index in [2.05, 4.69) is 0 Å². The van der Waals surface area contributed by atoms with Crippen LogP contribution >= 0.6 is 0 Å². The minimum atomic E-state index is -0.295. The van der Waals surface area contributed by atoms with E-state index in [-0.39, 0.29) is 11.2 Å². The van der Waals surface area contributed by atoms with Crippen molar-refractivity contribution >= 4 is 17.1 Å². The predicted molar refractivity (Wildman–Crippen MR) is 67.2 cm³/mol. The molecule has 1 aliphatic rings. The van der Waals surface area contributed by atoms with Crippen LogP contribution in [0.25, 0.3) is 10.8 Å². The second-order valence-corrected chi connectivity index (χ2v) is 4.84. The lowest BCUT2D eigenvalue weighted by Crippen LogP contribution is -2.35. The minimum Gasteiger partial charge on any atom is -0.507 e. The van der Waals surface area contributed by atoms with Crippen LogP contribution in [-0.4, -0.2) is 11.4 Å². The molecule has 0 bridgehead atoms. The van der Waals surface area contributed by atoms with E-state index in [0.29, 0.717) is 0 Å². The van der Waals surface area contributed by atoms with Crippen LogP contribution < -0.4 is 0 Å². The van der Waals surface area contributed by atoms with E-state index in [1.165, 1.54) is 0 Å². The van der Waals surface area contributed by atoms with Crippen LogP contribution in [0.5, 0.6) is 5.75 Å². The molecule has 1 N–H and O–H groups in total. The van der Waals surface area contributed by atoms with Crippen molar-refractivity contribution in [1.29, 1.82) is 0 Å². The minimum absolute atomic E-state index is 0.282. The molecule has 0 unspecified atom stereocenters. The molecule has 2 nitrogen and oxygen atoms in total. The molecule has 3 rings (SSSR count). The molecule has 0 amide bonds. The first-order chi connectivity index (χ1) is 8.25.